The fraction of sp³-hybridized carbons (Fsp3) is 0.214. The highest BCUT2D eigenvalue weighted by atomic mass is 79.9. The Morgan fingerprint density at radius 3 is 2.59 bits per heavy atom. The Hall–Kier alpha value is -1.38. The molecule has 2 N–H and O–H groups in total. The van der Waals surface area contributed by atoms with Crippen LogP contribution in [0.2, 0.25) is 0 Å². The van der Waals surface area contributed by atoms with Gasteiger partial charge in [-0.05, 0) is 40.2 Å². The van der Waals surface area contributed by atoms with E-state index in [1.54, 1.807) is 11.3 Å². The first kappa shape index (κ1) is 17.0. The standard InChI is InChI=1S/C14H12BrF3N2OS/c1-20(6-8-2-5-11(15)22-8)7-12(21)19-10-4-3-9(16)13(17)14(10)18/h2-5H,6-7H2,1H3,(H,19,21)/p+1. The van der Waals surface area contributed by atoms with Crippen LogP contribution in [0.15, 0.2) is 28.1 Å². The van der Waals surface area contributed by atoms with Gasteiger partial charge in [-0.2, -0.15) is 0 Å². The van der Waals surface area contributed by atoms with Crippen LogP contribution in [0.25, 0.3) is 0 Å². The average Bonchev–Trinajstić information content (AvgIpc) is 2.84. The molecule has 0 aliphatic heterocycles. The number of likely N-dealkylation sites (N-methyl/N-ethyl adjacent to an activating group) is 1. The molecule has 0 fully saturated rings. The van der Waals surface area contributed by atoms with E-state index in [4.69, 9.17) is 0 Å². The summed E-state index contributed by atoms with van der Waals surface area (Å²) in [7, 11) is 1.81. The van der Waals surface area contributed by atoms with E-state index in [1.165, 1.54) is 0 Å². The summed E-state index contributed by atoms with van der Waals surface area (Å²) in [5.41, 5.74) is -0.365. The zero-order valence-electron chi connectivity index (χ0n) is 11.6. The molecule has 1 aromatic carbocycles. The molecule has 0 radical (unpaired) electrons. The molecule has 1 unspecified atom stereocenters. The molecule has 2 rings (SSSR count). The first-order valence-corrected chi connectivity index (χ1v) is 7.96. The van der Waals surface area contributed by atoms with Crippen LogP contribution in [-0.4, -0.2) is 19.5 Å². The summed E-state index contributed by atoms with van der Waals surface area (Å²) >= 11 is 4.93. The van der Waals surface area contributed by atoms with Gasteiger partial charge in [-0.1, -0.05) is 0 Å². The van der Waals surface area contributed by atoms with Crippen LogP contribution >= 0.6 is 27.3 Å². The average molecular weight is 394 g/mol. The molecule has 3 nitrogen and oxygen atoms in total. The van der Waals surface area contributed by atoms with Crippen LogP contribution in [-0.2, 0) is 11.3 Å². The van der Waals surface area contributed by atoms with E-state index in [1.807, 2.05) is 19.2 Å². The molecule has 1 atom stereocenters. The molecule has 1 amide bonds. The Labute approximate surface area is 137 Å². The van der Waals surface area contributed by atoms with Crippen LogP contribution in [0.5, 0.6) is 0 Å². The summed E-state index contributed by atoms with van der Waals surface area (Å²) in [4.78, 5) is 13.8. The molecule has 1 aromatic heterocycles. The molecule has 0 spiro atoms. The van der Waals surface area contributed by atoms with E-state index in [2.05, 4.69) is 21.2 Å². The van der Waals surface area contributed by atoms with Gasteiger partial charge in [-0.3, -0.25) is 4.79 Å². The predicted octanol–water partition coefficient (Wildman–Crippen LogP) is 2.58. The van der Waals surface area contributed by atoms with Crippen molar-refractivity contribution < 1.29 is 22.9 Å². The third kappa shape index (κ3) is 4.31. The molecule has 0 aliphatic carbocycles. The highest BCUT2D eigenvalue weighted by molar-refractivity contribution is 9.11. The van der Waals surface area contributed by atoms with E-state index in [-0.39, 0.29) is 12.2 Å². The van der Waals surface area contributed by atoms with Crippen LogP contribution < -0.4 is 10.2 Å². The van der Waals surface area contributed by atoms with Crippen molar-refractivity contribution >= 4 is 38.9 Å². The second kappa shape index (κ2) is 7.26. The van der Waals surface area contributed by atoms with Crippen molar-refractivity contribution in [1.29, 1.82) is 0 Å². The lowest BCUT2D eigenvalue weighted by Gasteiger charge is -2.13. The Bertz CT molecular complexity index is 693. The van der Waals surface area contributed by atoms with Crippen molar-refractivity contribution in [2.75, 3.05) is 18.9 Å². The van der Waals surface area contributed by atoms with E-state index < -0.39 is 23.4 Å². The summed E-state index contributed by atoms with van der Waals surface area (Å²) in [6, 6.07) is 5.64. The second-order valence-corrected chi connectivity index (χ2v) is 7.34. The number of benzene rings is 1. The van der Waals surface area contributed by atoms with Crippen LogP contribution in [0.1, 0.15) is 4.88 Å². The smallest absolute Gasteiger partial charge is 0.279 e. The minimum Gasteiger partial charge on any atom is -0.325 e. The number of hydrogen-bond acceptors (Lipinski definition) is 2. The lowest BCUT2D eigenvalue weighted by atomic mass is 10.2. The summed E-state index contributed by atoms with van der Waals surface area (Å²) in [5.74, 6) is -4.75. The zero-order valence-corrected chi connectivity index (χ0v) is 14.0. The van der Waals surface area contributed by atoms with Crippen molar-refractivity contribution in [3.05, 3.63) is 50.4 Å². The molecular weight excluding hydrogens is 381 g/mol. The fourth-order valence-electron chi connectivity index (χ4n) is 1.90. The third-order valence-electron chi connectivity index (χ3n) is 2.88. The Kier molecular flexibility index (Phi) is 5.60. The predicted molar refractivity (Wildman–Crippen MR) is 82.4 cm³/mol. The summed E-state index contributed by atoms with van der Waals surface area (Å²) in [6.07, 6.45) is 0. The molecule has 118 valence electrons. The van der Waals surface area contributed by atoms with Crippen molar-refractivity contribution in [3.63, 3.8) is 0 Å². The summed E-state index contributed by atoms with van der Waals surface area (Å²) in [6.45, 7) is 0.706. The van der Waals surface area contributed by atoms with Gasteiger partial charge in [0, 0.05) is 0 Å². The van der Waals surface area contributed by atoms with Gasteiger partial charge in [0.25, 0.3) is 5.91 Å². The number of thiophene rings is 1. The van der Waals surface area contributed by atoms with Crippen LogP contribution in [0.4, 0.5) is 18.9 Å². The number of halogens is 4. The van der Waals surface area contributed by atoms with Crippen molar-refractivity contribution in [2.24, 2.45) is 0 Å². The number of rotatable bonds is 5. The molecule has 8 heteroatoms. The maximum atomic E-state index is 13.5. The molecule has 0 aliphatic rings. The van der Waals surface area contributed by atoms with Gasteiger partial charge in [0.15, 0.2) is 24.0 Å². The molecule has 0 saturated heterocycles. The third-order valence-corrected chi connectivity index (χ3v) is 4.50. The lowest BCUT2D eigenvalue weighted by molar-refractivity contribution is -0.884. The number of carbonyl (C=O) groups is 1. The first-order valence-electron chi connectivity index (χ1n) is 6.35. The number of quaternary nitrogens is 1. The molecule has 1 heterocycles. The molecule has 2 aromatic rings. The largest absolute Gasteiger partial charge is 0.325 e. The van der Waals surface area contributed by atoms with Gasteiger partial charge in [-0.25, -0.2) is 13.2 Å². The van der Waals surface area contributed by atoms with E-state index in [0.29, 0.717) is 6.54 Å². The highest BCUT2D eigenvalue weighted by Crippen LogP contribution is 2.21. The molecular formula is C14H13BrF3N2OS+. The van der Waals surface area contributed by atoms with Gasteiger partial charge in [0.2, 0.25) is 0 Å². The van der Waals surface area contributed by atoms with E-state index >= 15 is 0 Å². The second-order valence-electron chi connectivity index (χ2n) is 4.79. The van der Waals surface area contributed by atoms with Gasteiger partial charge in [0.05, 0.1) is 21.4 Å². The van der Waals surface area contributed by atoms with Crippen LogP contribution in [0, 0.1) is 17.5 Å². The van der Waals surface area contributed by atoms with E-state index in [0.717, 1.165) is 25.7 Å². The number of hydrogen-bond donors (Lipinski definition) is 2. The summed E-state index contributed by atoms with van der Waals surface area (Å²) in [5, 5.41) is 2.25. The van der Waals surface area contributed by atoms with E-state index in [9.17, 15) is 18.0 Å². The Morgan fingerprint density at radius 2 is 1.95 bits per heavy atom. The Morgan fingerprint density at radius 1 is 1.23 bits per heavy atom. The number of nitrogens with one attached hydrogen (secondary N) is 2. The van der Waals surface area contributed by atoms with Gasteiger partial charge in [-0.15, -0.1) is 11.3 Å². The van der Waals surface area contributed by atoms with Gasteiger partial charge >= 0.3 is 0 Å². The van der Waals surface area contributed by atoms with Crippen molar-refractivity contribution in [1.82, 2.24) is 0 Å². The SMILES string of the molecule is C[NH+](CC(=O)Nc1ccc(F)c(F)c1F)Cc1ccc(Br)s1. The topological polar surface area (TPSA) is 33.5 Å². The highest BCUT2D eigenvalue weighted by Gasteiger charge is 2.17. The van der Waals surface area contributed by atoms with Crippen molar-refractivity contribution in [2.45, 2.75) is 6.54 Å². The summed E-state index contributed by atoms with van der Waals surface area (Å²) < 4.78 is 40.4. The fourth-order valence-corrected chi connectivity index (χ4v) is 3.49. The van der Waals surface area contributed by atoms with Gasteiger partial charge in [0.1, 0.15) is 6.54 Å². The monoisotopic (exact) mass is 393 g/mol. The number of amides is 1. The maximum absolute atomic E-state index is 13.5. The number of anilines is 1. The normalized spacial score (nSPS) is 12.2. The van der Waals surface area contributed by atoms with Crippen molar-refractivity contribution in [3.8, 4) is 0 Å². The Balaban J connectivity index is 1.94. The number of carbonyl (C=O) groups excluding carboxylic acids is 1. The molecule has 22 heavy (non-hydrogen) atoms. The maximum Gasteiger partial charge on any atom is 0.279 e. The lowest BCUT2D eigenvalue weighted by Crippen LogP contribution is -3.08. The minimum atomic E-state index is -1.60. The van der Waals surface area contributed by atoms with Crippen LogP contribution in [0.3, 0.4) is 0 Å². The minimum absolute atomic E-state index is 0.0773. The molecule has 0 bridgehead atoms. The first-order chi connectivity index (χ1) is 10.4. The zero-order chi connectivity index (χ0) is 16.3. The molecule has 0 saturated carbocycles. The quantitative estimate of drug-likeness (QED) is 0.752. The van der Waals surface area contributed by atoms with Gasteiger partial charge < -0.3 is 10.2 Å².